The number of likely N-dealkylation sites (N-methyl/N-ethyl adjacent to an activating group) is 1. The van der Waals surface area contributed by atoms with Crippen LogP contribution < -0.4 is 10.1 Å². The molecule has 0 bridgehead atoms. The zero-order valence-electron chi connectivity index (χ0n) is 14.9. The minimum Gasteiger partial charge on any atom is -0.480 e. The molecule has 2 aromatic carbocycles. The minimum atomic E-state index is -0.974. The highest BCUT2D eigenvalue weighted by Gasteiger charge is 2.19. The molecule has 6 nitrogen and oxygen atoms in total. The van der Waals surface area contributed by atoms with Crippen molar-refractivity contribution in [3.8, 4) is 11.5 Å². The summed E-state index contributed by atoms with van der Waals surface area (Å²) >= 11 is 0. The summed E-state index contributed by atoms with van der Waals surface area (Å²) in [6, 6.07) is 14.0. The molecule has 0 aliphatic carbocycles. The number of ether oxygens (including phenoxy) is 1. The largest absolute Gasteiger partial charge is 0.480 e. The number of carboxylic acid groups (broad SMARTS) is 1. The summed E-state index contributed by atoms with van der Waals surface area (Å²) in [6.45, 7) is 3.49. The second-order valence-corrected chi connectivity index (χ2v) is 5.89. The van der Waals surface area contributed by atoms with Crippen LogP contribution in [-0.4, -0.2) is 41.5 Å². The lowest BCUT2D eigenvalue weighted by molar-refractivity contribution is -0.142. The van der Waals surface area contributed by atoms with Gasteiger partial charge < -0.3 is 15.2 Å². The molecule has 1 amide bonds. The molecule has 0 saturated heterocycles. The maximum Gasteiger partial charge on any atom is 0.320 e. The molecule has 2 rings (SSSR count). The Balaban J connectivity index is 0.00000338. The summed E-state index contributed by atoms with van der Waals surface area (Å²) in [7, 11) is 1.59. The second-order valence-electron chi connectivity index (χ2n) is 5.89. The van der Waals surface area contributed by atoms with Gasteiger partial charge >= 0.3 is 5.97 Å². The number of hydrogen-bond acceptors (Lipinski definition) is 4. The van der Waals surface area contributed by atoms with Crippen LogP contribution >= 0.6 is 12.4 Å². The number of rotatable bonds is 7. The highest BCUT2D eigenvalue weighted by molar-refractivity contribution is 5.94. The predicted octanol–water partition coefficient (Wildman–Crippen LogP) is 3.55. The fraction of sp³-hybridized carbons (Fsp3) is 0.263. The van der Waals surface area contributed by atoms with Crippen molar-refractivity contribution in [3.05, 3.63) is 54.1 Å². The van der Waals surface area contributed by atoms with Gasteiger partial charge in [-0.15, -0.1) is 12.4 Å². The maximum atomic E-state index is 12.2. The van der Waals surface area contributed by atoms with Crippen LogP contribution in [-0.2, 0) is 9.59 Å². The molecule has 1 atom stereocenters. The van der Waals surface area contributed by atoms with Gasteiger partial charge in [-0.3, -0.25) is 14.5 Å². The quantitative estimate of drug-likeness (QED) is 0.770. The first-order chi connectivity index (χ1) is 11.9. The van der Waals surface area contributed by atoms with E-state index in [0.717, 1.165) is 5.56 Å². The van der Waals surface area contributed by atoms with Crippen LogP contribution in [0.3, 0.4) is 0 Å². The van der Waals surface area contributed by atoms with Crippen LogP contribution in [0.4, 0.5) is 5.69 Å². The SMILES string of the molecule is Cc1ccc(Oc2ccccc2NC(=O)CN(C)C(C)C(=O)O)cc1.Cl. The van der Waals surface area contributed by atoms with E-state index in [1.165, 1.54) is 11.8 Å². The van der Waals surface area contributed by atoms with Crippen molar-refractivity contribution >= 4 is 30.0 Å². The Bertz CT molecular complexity index is 749. The average molecular weight is 379 g/mol. The number of hydrogen-bond donors (Lipinski definition) is 2. The Morgan fingerprint density at radius 1 is 1.15 bits per heavy atom. The summed E-state index contributed by atoms with van der Waals surface area (Å²) in [6.07, 6.45) is 0. The van der Waals surface area contributed by atoms with Gasteiger partial charge in [0.2, 0.25) is 5.91 Å². The molecule has 26 heavy (non-hydrogen) atoms. The molecule has 0 radical (unpaired) electrons. The predicted molar refractivity (Wildman–Crippen MR) is 103 cm³/mol. The number of benzene rings is 2. The van der Waals surface area contributed by atoms with Crippen molar-refractivity contribution in [2.24, 2.45) is 0 Å². The van der Waals surface area contributed by atoms with Crippen LogP contribution in [0.25, 0.3) is 0 Å². The van der Waals surface area contributed by atoms with E-state index in [9.17, 15) is 9.59 Å². The van der Waals surface area contributed by atoms with Gasteiger partial charge in [-0.05, 0) is 45.2 Å². The lowest BCUT2D eigenvalue weighted by Gasteiger charge is -2.20. The van der Waals surface area contributed by atoms with E-state index in [1.807, 2.05) is 37.3 Å². The second kappa shape index (κ2) is 9.79. The summed E-state index contributed by atoms with van der Waals surface area (Å²) in [5.41, 5.74) is 1.66. The molecule has 2 N–H and O–H groups in total. The third-order valence-corrected chi connectivity index (χ3v) is 3.82. The zero-order chi connectivity index (χ0) is 18.4. The van der Waals surface area contributed by atoms with E-state index >= 15 is 0 Å². The van der Waals surface area contributed by atoms with Crippen LogP contribution in [0.2, 0.25) is 0 Å². The number of carbonyl (C=O) groups is 2. The van der Waals surface area contributed by atoms with Gasteiger partial charge in [0.05, 0.1) is 12.2 Å². The Labute approximate surface area is 159 Å². The third-order valence-electron chi connectivity index (χ3n) is 3.82. The number of aliphatic carboxylic acids is 1. The summed E-state index contributed by atoms with van der Waals surface area (Å²) in [5, 5.41) is 11.8. The average Bonchev–Trinajstić information content (AvgIpc) is 2.57. The third kappa shape index (κ3) is 6.06. The molecule has 0 saturated carbocycles. The van der Waals surface area contributed by atoms with Gasteiger partial charge in [-0.1, -0.05) is 29.8 Å². The highest BCUT2D eigenvalue weighted by atomic mass is 35.5. The first-order valence-corrected chi connectivity index (χ1v) is 7.93. The van der Waals surface area contributed by atoms with E-state index in [-0.39, 0.29) is 24.9 Å². The van der Waals surface area contributed by atoms with E-state index < -0.39 is 12.0 Å². The molecular formula is C19H23ClN2O4. The van der Waals surface area contributed by atoms with Gasteiger partial charge in [0.1, 0.15) is 11.8 Å². The van der Waals surface area contributed by atoms with Crippen LogP contribution in [0, 0.1) is 6.92 Å². The Hall–Kier alpha value is -2.57. The minimum absolute atomic E-state index is 0. The van der Waals surface area contributed by atoms with Crippen molar-refractivity contribution in [2.75, 3.05) is 18.9 Å². The van der Waals surface area contributed by atoms with Crippen LogP contribution in [0.1, 0.15) is 12.5 Å². The molecule has 0 heterocycles. The Kier molecular flexibility index (Phi) is 8.09. The first kappa shape index (κ1) is 21.5. The van der Waals surface area contributed by atoms with Crippen molar-refractivity contribution in [1.29, 1.82) is 0 Å². The monoisotopic (exact) mass is 378 g/mol. The van der Waals surface area contributed by atoms with Crippen molar-refractivity contribution < 1.29 is 19.4 Å². The summed E-state index contributed by atoms with van der Waals surface area (Å²) < 4.78 is 5.83. The lowest BCUT2D eigenvalue weighted by Crippen LogP contribution is -2.40. The number of amides is 1. The van der Waals surface area contributed by atoms with E-state index in [0.29, 0.717) is 17.2 Å². The van der Waals surface area contributed by atoms with Gasteiger partial charge in [0.15, 0.2) is 5.75 Å². The molecule has 1 unspecified atom stereocenters. The number of carbonyl (C=O) groups excluding carboxylic acids is 1. The molecular weight excluding hydrogens is 356 g/mol. The normalized spacial score (nSPS) is 11.4. The fourth-order valence-corrected chi connectivity index (χ4v) is 2.13. The van der Waals surface area contributed by atoms with Gasteiger partial charge in [0, 0.05) is 0 Å². The fourth-order valence-electron chi connectivity index (χ4n) is 2.13. The van der Waals surface area contributed by atoms with Crippen LogP contribution in [0.15, 0.2) is 48.5 Å². The van der Waals surface area contributed by atoms with Gasteiger partial charge in [-0.2, -0.15) is 0 Å². The molecule has 0 fully saturated rings. The Morgan fingerprint density at radius 3 is 2.38 bits per heavy atom. The molecule has 2 aromatic rings. The number of halogens is 1. The number of anilines is 1. The maximum absolute atomic E-state index is 12.2. The smallest absolute Gasteiger partial charge is 0.320 e. The number of para-hydroxylation sites is 2. The highest BCUT2D eigenvalue weighted by Crippen LogP contribution is 2.29. The van der Waals surface area contributed by atoms with E-state index in [2.05, 4.69) is 5.32 Å². The topological polar surface area (TPSA) is 78.9 Å². The molecule has 0 spiro atoms. The number of carboxylic acids is 1. The summed E-state index contributed by atoms with van der Waals surface area (Å²) in [4.78, 5) is 24.6. The molecule has 0 aliphatic rings. The number of aryl methyl sites for hydroxylation is 1. The number of nitrogens with one attached hydrogen (secondary N) is 1. The standard InChI is InChI=1S/C19H22N2O4.ClH/c1-13-8-10-15(11-9-13)25-17-7-5-4-6-16(17)20-18(22)12-21(3)14(2)19(23)24;/h4-11,14H,12H2,1-3H3,(H,20,22)(H,23,24);1H. The molecule has 0 aliphatic heterocycles. The first-order valence-electron chi connectivity index (χ1n) is 7.93. The van der Waals surface area contributed by atoms with E-state index in [1.54, 1.807) is 25.2 Å². The van der Waals surface area contributed by atoms with Crippen molar-refractivity contribution in [1.82, 2.24) is 4.90 Å². The van der Waals surface area contributed by atoms with E-state index in [4.69, 9.17) is 9.84 Å². The van der Waals surface area contributed by atoms with Crippen molar-refractivity contribution in [2.45, 2.75) is 19.9 Å². The molecule has 0 aromatic heterocycles. The van der Waals surface area contributed by atoms with Gasteiger partial charge in [-0.25, -0.2) is 0 Å². The van der Waals surface area contributed by atoms with Crippen LogP contribution in [0.5, 0.6) is 11.5 Å². The lowest BCUT2D eigenvalue weighted by atomic mass is 10.2. The van der Waals surface area contributed by atoms with Gasteiger partial charge in [0.25, 0.3) is 0 Å². The number of nitrogens with zero attached hydrogens (tertiary/aromatic N) is 1. The Morgan fingerprint density at radius 2 is 1.77 bits per heavy atom. The zero-order valence-corrected chi connectivity index (χ0v) is 15.7. The molecule has 140 valence electrons. The van der Waals surface area contributed by atoms with Crippen molar-refractivity contribution in [3.63, 3.8) is 0 Å². The summed E-state index contributed by atoms with van der Waals surface area (Å²) in [5.74, 6) is -0.0912. The molecule has 7 heteroatoms.